The van der Waals surface area contributed by atoms with E-state index in [1.165, 1.54) is 10.6 Å². The zero-order valence-electron chi connectivity index (χ0n) is 23.9. The van der Waals surface area contributed by atoms with Crippen molar-refractivity contribution in [2.24, 2.45) is 5.92 Å². The van der Waals surface area contributed by atoms with E-state index in [1.807, 2.05) is 65.0 Å². The molecule has 0 saturated heterocycles. The van der Waals surface area contributed by atoms with Crippen molar-refractivity contribution in [2.75, 3.05) is 13.7 Å². The lowest BCUT2D eigenvalue weighted by Gasteiger charge is -2.25. The second-order valence-electron chi connectivity index (χ2n) is 10.3. The fourth-order valence-electron chi connectivity index (χ4n) is 4.79. The van der Waals surface area contributed by atoms with E-state index in [2.05, 4.69) is 10.3 Å². The molecule has 0 saturated carbocycles. The Morgan fingerprint density at radius 3 is 2.36 bits per heavy atom. The van der Waals surface area contributed by atoms with Gasteiger partial charge in [0, 0.05) is 24.0 Å². The van der Waals surface area contributed by atoms with Gasteiger partial charge in [0.25, 0.3) is 5.56 Å². The lowest BCUT2D eigenvalue weighted by atomic mass is 9.93. The lowest BCUT2D eigenvalue weighted by Crippen LogP contribution is -2.40. The molecule has 0 spiro atoms. The Hall–Kier alpha value is -3.94. The summed E-state index contributed by atoms with van der Waals surface area (Å²) in [6, 6.07) is 9.78. The summed E-state index contributed by atoms with van der Waals surface area (Å²) in [5.41, 5.74) is 5.05. The van der Waals surface area contributed by atoms with Crippen LogP contribution < -0.4 is 15.6 Å². The molecule has 0 aliphatic rings. The fourth-order valence-corrected chi connectivity index (χ4v) is 4.79. The maximum atomic E-state index is 13.8. The minimum Gasteiger partial charge on any atom is -0.481 e. The predicted molar refractivity (Wildman–Crippen MR) is 152 cm³/mol. The molecule has 0 aliphatic carbocycles. The van der Waals surface area contributed by atoms with E-state index in [9.17, 15) is 14.4 Å². The highest BCUT2D eigenvalue weighted by Crippen LogP contribution is 2.35. The molecule has 208 valence electrons. The maximum Gasteiger partial charge on any atom is 0.308 e. The first-order valence-corrected chi connectivity index (χ1v) is 13.3. The van der Waals surface area contributed by atoms with Crippen molar-refractivity contribution >= 4 is 11.9 Å². The third-order valence-corrected chi connectivity index (χ3v) is 6.65. The summed E-state index contributed by atoms with van der Waals surface area (Å²) in [5, 5.41) is 3.03. The monoisotopic (exact) mass is 533 g/mol. The molecular weight excluding hydrogens is 494 g/mol. The van der Waals surface area contributed by atoms with Crippen molar-refractivity contribution in [1.29, 1.82) is 0 Å². The Bertz CT molecular complexity index is 1360. The van der Waals surface area contributed by atoms with Gasteiger partial charge in [-0.25, -0.2) is 4.98 Å². The average molecular weight is 534 g/mol. The summed E-state index contributed by atoms with van der Waals surface area (Å²) in [6.45, 7) is 11.8. The van der Waals surface area contributed by atoms with Crippen molar-refractivity contribution < 1.29 is 19.1 Å². The van der Waals surface area contributed by atoms with Gasteiger partial charge in [-0.05, 0) is 80.0 Å². The first-order chi connectivity index (χ1) is 18.5. The first-order valence-electron chi connectivity index (χ1n) is 13.3. The maximum absolute atomic E-state index is 13.8. The molecule has 39 heavy (non-hydrogen) atoms. The molecular formula is C31H39N3O5. The van der Waals surface area contributed by atoms with Crippen LogP contribution in [0.25, 0.3) is 11.1 Å². The van der Waals surface area contributed by atoms with E-state index in [0.29, 0.717) is 17.9 Å². The highest BCUT2D eigenvalue weighted by molar-refractivity contribution is 5.82. The molecule has 1 amide bonds. The molecule has 2 atom stereocenters. The number of carbonyl (C=O) groups excluding carboxylic acids is 2. The number of carbonyl (C=O) groups is 2. The zero-order valence-corrected chi connectivity index (χ0v) is 23.9. The molecule has 1 aromatic carbocycles. The van der Waals surface area contributed by atoms with Gasteiger partial charge in [0.15, 0.2) is 0 Å². The van der Waals surface area contributed by atoms with Crippen LogP contribution in [0.5, 0.6) is 5.88 Å². The number of nitrogens with zero attached hydrogens (tertiary/aromatic N) is 2. The molecule has 1 unspecified atom stereocenters. The topological polar surface area (TPSA) is 99.5 Å². The van der Waals surface area contributed by atoms with Crippen molar-refractivity contribution in [3.8, 4) is 17.0 Å². The molecule has 8 heteroatoms. The molecule has 0 radical (unpaired) electrons. The summed E-state index contributed by atoms with van der Waals surface area (Å²) in [4.78, 5) is 43.7. The molecule has 0 bridgehead atoms. The number of pyridine rings is 2. The van der Waals surface area contributed by atoms with Crippen molar-refractivity contribution in [3.05, 3.63) is 81.4 Å². The van der Waals surface area contributed by atoms with Gasteiger partial charge >= 0.3 is 5.97 Å². The van der Waals surface area contributed by atoms with Crippen LogP contribution in [0.1, 0.15) is 68.0 Å². The SMILES string of the molecule is CCOC(=O)CC(NC(=O)[C@H](CC(C)C)n1ccc(C)cc1=O)c1cnc(OC)c(-c2c(C)cccc2C)c1. The Labute approximate surface area is 230 Å². The van der Waals surface area contributed by atoms with Crippen molar-refractivity contribution in [1.82, 2.24) is 14.9 Å². The molecule has 0 aliphatic heterocycles. The predicted octanol–water partition coefficient (Wildman–Crippen LogP) is 5.24. The van der Waals surface area contributed by atoms with Crippen LogP contribution in [0.4, 0.5) is 0 Å². The number of methoxy groups -OCH3 is 1. The fraction of sp³-hybridized carbons (Fsp3) is 0.419. The molecule has 3 aromatic rings. The number of hydrogen-bond acceptors (Lipinski definition) is 6. The second-order valence-corrected chi connectivity index (χ2v) is 10.3. The summed E-state index contributed by atoms with van der Waals surface area (Å²) in [7, 11) is 1.56. The van der Waals surface area contributed by atoms with Gasteiger partial charge in [-0.2, -0.15) is 0 Å². The van der Waals surface area contributed by atoms with Crippen molar-refractivity contribution in [3.63, 3.8) is 0 Å². The molecule has 1 N–H and O–H groups in total. The normalized spacial score (nSPS) is 12.6. The van der Waals surface area contributed by atoms with Gasteiger partial charge in [0.1, 0.15) is 6.04 Å². The van der Waals surface area contributed by atoms with Gasteiger partial charge in [-0.1, -0.05) is 32.0 Å². The third-order valence-electron chi connectivity index (χ3n) is 6.65. The van der Waals surface area contributed by atoms with E-state index >= 15 is 0 Å². The van der Waals surface area contributed by atoms with Crippen LogP contribution >= 0.6 is 0 Å². The molecule has 2 heterocycles. The Balaban J connectivity index is 2.07. The number of rotatable bonds is 11. The van der Waals surface area contributed by atoms with Gasteiger partial charge in [-0.15, -0.1) is 0 Å². The number of aromatic nitrogens is 2. The minimum atomic E-state index is -0.743. The summed E-state index contributed by atoms with van der Waals surface area (Å²) in [5.74, 6) is -0.203. The average Bonchev–Trinajstić information content (AvgIpc) is 2.87. The largest absolute Gasteiger partial charge is 0.481 e. The number of ether oxygens (including phenoxy) is 2. The third kappa shape index (κ3) is 7.34. The van der Waals surface area contributed by atoms with Crippen molar-refractivity contribution in [2.45, 2.75) is 66.5 Å². The lowest BCUT2D eigenvalue weighted by molar-refractivity contribution is -0.144. The molecule has 0 fully saturated rings. The number of hydrogen-bond donors (Lipinski definition) is 1. The summed E-state index contributed by atoms with van der Waals surface area (Å²) < 4.78 is 12.3. The zero-order chi connectivity index (χ0) is 28.7. The van der Waals surface area contributed by atoms with E-state index in [0.717, 1.165) is 27.8 Å². The van der Waals surface area contributed by atoms with Crippen LogP contribution in [0.2, 0.25) is 0 Å². The Kier molecular flexibility index (Phi) is 10.0. The molecule has 2 aromatic heterocycles. The second kappa shape index (κ2) is 13.2. The quantitative estimate of drug-likeness (QED) is 0.338. The molecule has 3 rings (SSSR count). The number of esters is 1. The van der Waals surface area contributed by atoms with Crippen LogP contribution in [0, 0.1) is 26.7 Å². The highest BCUT2D eigenvalue weighted by atomic mass is 16.5. The van der Waals surface area contributed by atoms with E-state index in [4.69, 9.17) is 9.47 Å². The number of amides is 1. The van der Waals surface area contributed by atoms with Crippen LogP contribution in [0.3, 0.4) is 0 Å². The Morgan fingerprint density at radius 1 is 1.08 bits per heavy atom. The standard InChI is InChI=1S/C31H39N3O5/c1-8-39-28(36)17-25(33-30(37)26(14-19(2)3)34-13-12-20(4)15-27(34)35)23-16-24(31(38-7)32-18-23)29-21(5)10-9-11-22(29)6/h9-13,15-16,18-19,25-26H,8,14,17H2,1-7H3,(H,33,37)/t25?,26-/m0/s1. The Morgan fingerprint density at radius 2 is 1.77 bits per heavy atom. The first kappa shape index (κ1) is 29.6. The number of nitrogens with one attached hydrogen (secondary N) is 1. The minimum absolute atomic E-state index is 0.0863. The smallest absolute Gasteiger partial charge is 0.308 e. The van der Waals surface area contributed by atoms with E-state index < -0.39 is 18.1 Å². The van der Waals surface area contributed by atoms with Gasteiger partial charge < -0.3 is 19.4 Å². The van der Waals surface area contributed by atoms with E-state index in [-0.39, 0.29) is 30.4 Å². The van der Waals surface area contributed by atoms with Gasteiger partial charge in [0.05, 0.1) is 26.2 Å². The molecule has 8 nitrogen and oxygen atoms in total. The van der Waals surface area contributed by atoms with Gasteiger partial charge in [-0.3, -0.25) is 14.4 Å². The highest BCUT2D eigenvalue weighted by Gasteiger charge is 2.28. The summed E-state index contributed by atoms with van der Waals surface area (Å²) in [6.07, 6.45) is 3.63. The summed E-state index contributed by atoms with van der Waals surface area (Å²) >= 11 is 0. The van der Waals surface area contributed by atoms with Gasteiger partial charge in [0.2, 0.25) is 11.8 Å². The van der Waals surface area contributed by atoms with Crippen LogP contribution in [-0.2, 0) is 14.3 Å². The van der Waals surface area contributed by atoms with Crippen LogP contribution in [-0.4, -0.2) is 35.1 Å². The van der Waals surface area contributed by atoms with Crippen LogP contribution in [0.15, 0.2) is 53.6 Å². The van der Waals surface area contributed by atoms with E-state index in [1.54, 1.807) is 26.4 Å². The number of benzene rings is 1. The number of aryl methyl sites for hydroxylation is 3.